The van der Waals surface area contributed by atoms with Crippen LogP contribution in [0.1, 0.15) is 21.3 Å². The van der Waals surface area contributed by atoms with E-state index in [0.717, 1.165) is 15.6 Å². The summed E-state index contributed by atoms with van der Waals surface area (Å²) in [6, 6.07) is 13.8. The summed E-state index contributed by atoms with van der Waals surface area (Å²) in [5.41, 5.74) is 0.812. The Hall–Kier alpha value is -2.97. The number of amides is 2. The largest absolute Gasteiger partial charge is 0.481 e. The van der Waals surface area contributed by atoms with Gasteiger partial charge in [0.05, 0.1) is 18.0 Å². The summed E-state index contributed by atoms with van der Waals surface area (Å²) in [7, 11) is 3.43. The van der Waals surface area contributed by atoms with Crippen LogP contribution in [0.5, 0.6) is 5.75 Å². The van der Waals surface area contributed by atoms with E-state index in [2.05, 4.69) is 0 Å². The Labute approximate surface area is 183 Å². The molecule has 0 bridgehead atoms. The Morgan fingerprint density at radius 2 is 1.94 bits per heavy atom. The van der Waals surface area contributed by atoms with E-state index >= 15 is 0 Å². The quantitative estimate of drug-likeness (QED) is 0.604. The van der Waals surface area contributed by atoms with E-state index in [0.29, 0.717) is 24.6 Å². The zero-order valence-corrected chi connectivity index (χ0v) is 18.2. The van der Waals surface area contributed by atoms with Crippen LogP contribution in [0.2, 0.25) is 0 Å². The minimum atomic E-state index is -0.508. The SMILES string of the molecule is CN(C)C(=O)c1sc2ccccc2c1[C@@H]1CN(C(=O)COc2ccccc2F)CCO1. The monoisotopic (exact) mass is 442 g/mol. The molecule has 2 aromatic carbocycles. The van der Waals surface area contributed by atoms with Crippen LogP contribution in [0.25, 0.3) is 10.1 Å². The van der Waals surface area contributed by atoms with Gasteiger partial charge in [-0.25, -0.2) is 4.39 Å². The highest BCUT2D eigenvalue weighted by atomic mass is 32.1. The number of hydrogen-bond donors (Lipinski definition) is 0. The minimum Gasteiger partial charge on any atom is -0.481 e. The number of nitrogens with zero attached hydrogens (tertiary/aromatic N) is 2. The molecule has 162 valence electrons. The first-order valence-corrected chi connectivity index (χ1v) is 10.8. The second-order valence-corrected chi connectivity index (χ2v) is 8.51. The second kappa shape index (κ2) is 9.03. The van der Waals surface area contributed by atoms with Gasteiger partial charge in [0.25, 0.3) is 11.8 Å². The van der Waals surface area contributed by atoms with Crippen molar-refractivity contribution in [1.29, 1.82) is 0 Å². The standard InChI is InChI=1S/C23H23FN2O4S/c1-25(2)23(28)22-21(15-7-3-6-10-19(15)31-22)18-13-26(11-12-29-18)20(27)14-30-17-9-5-4-8-16(17)24/h3-10,18H,11-14H2,1-2H3/t18-/m0/s1. The number of carbonyl (C=O) groups excluding carboxylic acids is 2. The van der Waals surface area contributed by atoms with Crippen molar-refractivity contribution in [3.63, 3.8) is 0 Å². The highest BCUT2D eigenvalue weighted by Gasteiger charge is 2.32. The lowest BCUT2D eigenvalue weighted by atomic mass is 10.0. The fourth-order valence-electron chi connectivity index (χ4n) is 3.59. The molecule has 1 aliphatic heterocycles. The van der Waals surface area contributed by atoms with Gasteiger partial charge in [-0.15, -0.1) is 11.3 Å². The van der Waals surface area contributed by atoms with Crippen molar-refractivity contribution in [2.24, 2.45) is 0 Å². The zero-order chi connectivity index (χ0) is 22.0. The number of thiophene rings is 1. The molecule has 2 amide bonds. The molecule has 1 atom stereocenters. The molecule has 31 heavy (non-hydrogen) atoms. The van der Waals surface area contributed by atoms with Gasteiger partial charge in [-0.3, -0.25) is 9.59 Å². The van der Waals surface area contributed by atoms with Crippen LogP contribution >= 0.6 is 11.3 Å². The van der Waals surface area contributed by atoms with Crippen LogP contribution in [0.15, 0.2) is 48.5 Å². The van der Waals surface area contributed by atoms with Gasteiger partial charge in [-0.2, -0.15) is 0 Å². The summed E-state index contributed by atoms with van der Waals surface area (Å²) in [5, 5.41) is 0.958. The Morgan fingerprint density at radius 1 is 1.19 bits per heavy atom. The van der Waals surface area contributed by atoms with Crippen molar-refractivity contribution in [2.45, 2.75) is 6.10 Å². The fraction of sp³-hybridized carbons (Fsp3) is 0.304. The van der Waals surface area contributed by atoms with Crippen LogP contribution in [-0.4, -0.2) is 62.0 Å². The number of ether oxygens (including phenoxy) is 2. The number of rotatable bonds is 5. The van der Waals surface area contributed by atoms with Crippen LogP contribution in [0.3, 0.4) is 0 Å². The molecule has 0 spiro atoms. The second-order valence-electron chi connectivity index (χ2n) is 7.46. The van der Waals surface area contributed by atoms with Crippen molar-refractivity contribution < 1.29 is 23.5 Å². The molecule has 8 heteroatoms. The third-order valence-electron chi connectivity index (χ3n) is 5.16. The molecule has 4 rings (SSSR count). The predicted molar refractivity (Wildman–Crippen MR) is 117 cm³/mol. The lowest BCUT2D eigenvalue weighted by Crippen LogP contribution is -2.44. The Morgan fingerprint density at radius 3 is 2.71 bits per heavy atom. The summed E-state index contributed by atoms with van der Waals surface area (Å²) in [4.78, 5) is 29.4. The van der Waals surface area contributed by atoms with E-state index in [4.69, 9.17) is 9.47 Å². The maximum Gasteiger partial charge on any atom is 0.263 e. The Balaban J connectivity index is 1.55. The van der Waals surface area contributed by atoms with Gasteiger partial charge in [0.1, 0.15) is 6.10 Å². The average Bonchev–Trinajstić information content (AvgIpc) is 3.17. The number of carbonyl (C=O) groups is 2. The molecule has 0 N–H and O–H groups in total. The number of benzene rings is 2. The summed E-state index contributed by atoms with van der Waals surface area (Å²) in [6.07, 6.45) is -0.429. The molecule has 0 aliphatic carbocycles. The molecule has 2 heterocycles. The summed E-state index contributed by atoms with van der Waals surface area (Å²) >= 11 is 1.43. The summed E-state index contributed by atoms with van der Waals surface area (Å²) < 4.78 is 26.1. The molecule has 1 aliphatic rings. The molecule has 0 radical (unpaired) electrons. The van der Waals surface area contributed by atoms with Crippen LogP contribution in [0.4, 0.5) is 4.39 Å². The van der Waals surface area contributed by atoms with Gasteiger partial charge in [-0.05, 0) is 23.6 Å². The number of halogens is 1. The summed E-state index contributed by atoms with van der Waals surface area (Å²) in [6.45, 7) is 0.792. The lowest BCUT2D eigenvalue weighted by Gasteiger charge is -2.33. The Bertz CT molecular complexity index is 1110. The molecular formula is C23H23FN2O4S. The summed E-state index contributed by atoms with van der Waals surface area (Å²) in [5.74, 6) is -0.808. The lowest BCUT2D eigenvalue weighted by molar-refractivity contribution is -0.141. The van der Waals surface area contributed by atoms with E-state index in [-0.39, 0.29) is 24.2 Å². The van der Waals surface area contributed by atoms with Crippen LogP contribution < -0.4 is 4.74 Å². The maximum absolute atomic E-state index is 13.8. The first-order valence-electron chi connectivity index (χ1n) is 9.95. The van der Waals surface area contributed by atoms with Crippen molar-refractivity contribution in [3.8, 4) is 5.75 Å². The first-order chi connectivity index (χ1) is 15.0. The van der Waals surface area contributed by atoms with Gasteiger partial charge in [-0.1, -0.05) is 30.3 Å². The van der Waals surface area contributed by atoms with Crippen molar-refractivity contribution in [1.82, 2.24) is 9.80 Å². The molecule has 6 nitrogen and oxygen atoms in total. The smallest absolute Gasteiger partial charge is 0.263 e. The van der Waals surface area contributed by atoms with Gasteiger partial charge in [0, 0.05) is 30.9 Å². The fourth-order valence-corrected chi connectivity index (χ4v) is 4.87. The predicted octanol–water partition coefficient (Wildman–Crippen LogP) is 3.72. The van der Waals surface area contributed by atoms with Crippen molar-refractivity contribution in [3.05, 3.63) is 64.8 Å². The van der Waals surface area contributed by atoms with Crippen molar-refractivity contribution >= 4 is 33.2 Å². The minimum absolute atomic E-state index is 0.0448. The number of morpholine rings is 1. The maximum atomic E-state index is 13.8. The molecular weight excluding hydrogens is 419 g/mol. The van der Waals surface area contributed by atoms with E-state index < -0.39 is 11.9 Å². The topological polar surface area (TPSA) is 59.1 Å². The number of fused-ring (bicyclic) bond motifs is 1. The van der Waals surface area contributed by atoms with Gasteiger partial charge < -0.3 is 19.3 Å². The van der Waals surface area contributed by atoms with Crippen LogP contribution in [-0.2, 0) is 9.53 Å². The number of para-hydroxylation sites is 1. The Kier molecular flexibility index (Phi) is 6.20. The van der Waals surface area contributed by atoms with Crippen LogP contribution in [0, 0.1) is 5.82 Å². The average molecular weight is 443 g/mol. The van der Waals surface area contributed by atoms with Gasteiger partial charge >= 0.3 is 0 Å². The van der Waals surface area contributed by atoms with E-state index in [1.54, 1.807) is 36.0 Å². The van der Waals surface area contributed by atoms with E-state index in [9.17, 15) is 14.0 Å². The molecule has 0 saturated carbocycles. The van der Waals surface area contributed by atoms with Crippen molar-refractivity contribution in [2.75, 3.05) is 40.4 Å². The van der Waals surface area contributed by atoms with Gasteiger partial charge in [0.2, 0.25) is 0 Å². The van der Waals surface area contributed by atoms with E-state index in [1.165, 1.54) is 23.5 Å². The zero-order valence-electron chi connectivity index (χ0n) is 17.3. The number of hydrogen-bond acceptors (Lipinski definition) is 5. The van der Waals surface area contributed by atoms with E-state index in [1.807, 2.05) is 24.3 Å². The molecule has 1 fully saturated rings. The molecule has 0 unspecified atom stereocenters. The normalized spacial score (nSPS) is 16.4. The third-order valence-corrected chi connectivity index (χ3v) is 6.34. The van der Waals surface area contributed by atoms with Gasteiger partial charge in [0.15, 0.2) is 18.2 Å². The molecule has 1 aromatic heterocycles. The highest BCUT2D eigenvalue weighted by Crippen LogP contribution is 2.38. The molecule has 3 aromatic rings. The highest BCUT2D eigenvalue weighted by molar-refractivity contribution is 7.21. The molecule has 1 saturated heterocycles. The first kappa shape index (κ1) is 21.3. The third kappa shape index (κ3) is 4.40.